The molecule has 0 aromatic heterocycles. The molecular formula is C14H19N3O2S. The molecule has 1 atom stereocenters. The van der Waals surface area contributed by atoms with E-state index in [1.54, 1.807) is 0 Å². The van der Waals surface area contributed by atoms with Crippen molar-refractivity contribution in [2.24, 2.45) is 0 Å². The van der Waals surface area contributed by atoms with Crippen molar-refractivity contribution in [1.82, 2.24) is 10.2 Å². The minimum Gasteiger partial charge on any atom is -0.355 e. The third-order valence-electron chi connectivity index (χ3n) is 2.96. The summed E-state index contributed by atoms with van der Waals surface area (Å²) in [5.41, 5.74) is 0.826. The average molecular weight is 293 g/mol. The number of nitrogens with one attached hydrogen (secondary N) is 2. The maximum atomic E-state index is 12.0. The van der Waals surface area contributed by atoms with Gasteiger partial charge in [-0.3, -0.25) is 9.59 Å². The van der Waals surface area contributed by atoms with Crippen molar-refractivity contribution < 1.29 is 9.59 Å². The Morgan fingerprint density at radius 3 is 2.90 bits per heavy atom. The van der Waals surface area contributed by atoms with Gasteiger partial charge in [-0.1, -0.05) is 12.1 Å². The third-order valence-corrected chi connectivity index (χ3v) is 4.23. The second-order valence-electron chi connectivity index (χ2n) is 4.95. The number of amides is 2. The van der Waals surface area contributed by atoms with Gasteiger partial charge in [-0.25, -0.2) is 0 Å². The van der Waals surface area contributed by atoms with Gasteiger partial charge in [0.25, 0.3) is 0 Å². The lowest BCUT2D eigenvalue weighted by atomic mass is 10.2. The molecule has 0 aliphatic carbocycles. The summed E-state index contributed by atoms with van der Waals surface area (Å²) >= 11 is 1.45. The molecule has 1 aliphatic rings. The largest absolute Gasteiger partial charge is 0.355 e. The first-order valence-corrected chi connectivity index (χ1v) is 7.42. The predicted molar refractivity (Wildman–Crippen MR) is 80.9 cm³/mol. The molecule has 0 saturated heterocycles. The first-order chi connectivity index (χ1) is 9.56. The van der Waals surface area contributed by atoms with Crippen LogP contribution in [-0.4, -0.2) is 49.1 Å². The average Bonchev–Trinajstić information content (AvgIpc) is 2.39. The maximum absolute atomic E-state index is 12.0. The molecule has 5 nitrogen and oxygen atoms in total. The summed E-state index contributed by atoms with van der Waals surface area (Å²) in [6.45, 7) is 1.39. The summed E-state index contributed by atoms with van der Waals surface area (Å²) < 4.78 is 0. The van der Waals surface area contributed by atoms with E-state index in [0.717, 1.165) is 17.1 Å². The molecule has 2 N–H and O–H groups in total. The summed E-state index contributed by atoms with van der Waals surface area (Å²) in [6.07, 6.45) is 0.207. The highest BCUT2D eigenvalue weighted by atomic mass is 32.2. The number of carbonyl (C=O) groups excluding carboxylic acids is 2. The minimum atomic E-state index is -0.357. The van der Waals surface area contributed by atoms with Crippen molar-refractivity contribution in [3.05, 3.63) is 24.3 Å². The van der Waals surface area contributed by atoms with Crippen LogP contribution in [0.25, 0.3) is 0 Å². The molecule has 2 rings (SSSR count). The van der Waals surface area contributed by atoms with Crippen molar-refractivity contribution in [3.63, 3.8) is 0 Å². The van der Waals surface area contributed by atoms with Gasteiger partial charge < -0.3 is 15.5 Å². The fourth-order valence-corrected chi connectivity index (χ4v) is 3.00. The lowest BCUT2D eigenvalue weighted by Gasteiger charge is -2.23. The zero-order valence-electron chi connectivity index (χ0n) is 11.7. The number of anilines is 1. The van der Waals surface area contributed by atoms with Crippen LogP contribution in [0.15, 0.2) is 29.2 Å². The van der Waals surface area contributed by atoms with Crippen LogP contribution in [0.2, 0.25) is 0 Å². The van der Waals surface area contributed by atoms with Crippen molar-refractivity contribution in [2.45, 2.75) is 16.6 Å². The smallest absolute Gasteiger partial charge is 0.238 e. The number of likely N-dealkylation sites (N-methyl/N-ethyl adjacent to an activating group) is 1. The normalized spacial score (nSPS) is 17.6. The quantitative estimate of drug-likeness (QED) is 0.855. The molecular weight excluding hydrogens is 274 g/mol. The first-order valence-electron chi connectivity index (χ1n) is 6.54. The lowest BCUT2D eigenvalue weighted by molar-refractivity contribution is -0.124. The fourth-order valence-electron chi connectivity index (χ4n) is 1.89. The van der Waals surface area contributed by atoms with E-state index in [0.29, 0.717) is 6.54 Å². The molecule has 0 bridgehead atoms. The van der Waals surface area contributed by atoms with Crippen LogP contribution in [0, 0.1) is 0 Å². The lowest BCUT2D eigenvalue weighted by Crippen LogP contribution is -2.37. The van der Waals surface area contributed by atoms with E-state index in [-0.39, 0.29) is 23.5 Å². The van der Waals surface area contributed by atoms with Crippen molar-refractivity contribution in [1.29, 1.82) is 0 Å². The van der Waals surface area contributed by atoms with Crippen molar-refractivity contribution >= 4 is 29.3 Å². The standard InChI is InChI=1S/C14H19N3O2S/c1-17(2)8-7-15-13(18)9-12-14(19)16-10-5-3-4-6-11(10)20-12/h3-6,12H,7-9H2,1-2H3,(H,15,18)(H,16,19). The zero-order valence-corrected chi connectivity index (χ0v) is 12.5. The molecule has 1 aliphatic heterocycles. The van der Waals surface area contributed by atoms with Crippen LogP contribution in [0.5, 0.6) is 0 Å². The Balaban J connectivity index is 1.87. The van der Waals surface area contributed by atoms with Gasteiger partial charge in [-0.15, -0.1) is 11.8 Å². The molecule has 1 heterocycles. The second-order valence-corrected chi connectivity index (χ2v) is 6.19. The van der Waals surface area contributed by atoms with E-state index in [1.165, 1.54) is 11.8 Å². The molecule has 0 radical (unpaired) electrons. The molecule has 6 heteroatoms. The van der Waals surface area contributed by atoms with Gasteiger partial charge in [0, 0.05) is 24.4 Å². The Hall–Kier alpha value is -1.53. The van der Waals surface area contributed by atoms with Gasteiger partial charge in [0.15, 0.2) is 0 Å². The number of thioether (sulfide) groups is 1. The van der Waals surface area contributed by atoms with Crippen molar-refractivity contribution in [2.75, 3.05) is 32.5 Å². The van der Waals surface area contributed by atoms with Gasteiger partial charge >= 0.3 is 0 Å². The number of rotatable bonds is 5. The SMILES string of the molecule is CN(C)CCNC(=O)CC1Sc2ccccc2NC1=O. The molecule has 1 aromatic carbocycles. The van der Waals surface area contributed by atoms with Gasteiger partial charge in [-0.2, -0.15) is 0 Å². The number of benzene rings is 1. The van der Waals surface area contributed by atoms with E-state index >= 15 is 0 Å². The zero-order chi connectivity index (χ0) is 14.5. The van der Waals surface area contributed by atoms with Crippen LogP contribution < -0.4 is 10.6 Å². The number of nitrogens with zero attached hydrogens (tertiary/aromatic N) is 1. The number of hydrogen-bond donors (Lipinski definition) is 2. The minimum absolute atomic E-state index is 0.0844. The molecule has 1 unspecified atom stereocenters. The van der Waals surface area contributed by atoms with Crippen molar-refractivity contribution in [3.8, 4) is 0 Å². The van der Waals surface area contributed by atoms with Gasteiger partial charge in [0.05, 0.1) is 10.9 Å². The Labute approximate surface area is 123 Å². The molecule has 0 spiro atoms. The van der Waals surface area contributed by atoms with E-state index in [4.69, 9.17) is 0 Å². The topological polar surface area (TPSA) is 61.4 Å². The number of para-hydroxylation sites is 1. The monoisotopic (exact) mass is 293 g/mol. The molecule has 2 amide bonds. The fraction of sp³-hybridized carbons (Fsp3) is 0.429. The van der Waals surface area contributed by atoms with E-state index in [9.17, 15) is 9.59 Å². The number of carbonyl (C=O) groups is 2. The Bertz CT molecular complexity index is 505. The molecule has 0 fully saturated rings. The van der Waals surface area contributed by atoms with E-state index in [1.807, 2.05) is 43.3 Å². The molecule has 108 valence electrons. The van der Waals surface area contributed by atoms with Crippen LogP contribution >= 0.6 is 11.8 Å². The van der Waals surface area contributed by atoms with Crippen LogP contribution in [0.4, 0.5) is 5.69 Å². The van der Waals surface area contributed by atoms with Crippen LogP contribution in [0.1, 0.15) is 6.42 Å². The molecule has 20 heavy (non-hydrogen) atoms. The number of fused-ring (bicyclic) bond motifs is 1. The van der Waals surface area contributed by atoms with Crippen LogP contribution in [-0.2, 0) is 9.59 Å². The second kappa shape index (κ2) is 6.76. The summed E-state index contributed by atoms with van der Waals surface area (Å²) in [4.78, 5) is 26.8. The Morgan fingerprint density at radius 1 is 1.40 bits per heavy atom. The highest BCUT2D eigenvalue weighted by molar-refractivity contribution is 8.01. The Morgan fingerprint density at radius 2 is 2.15 bits per heavy atom. The first kappa shape index (κ1) is 14.9. The van der Waals surface area contributed by atoms with E-state index in [2.05, 4.69) is 10.6 Å². The predicted octanol–water partition coefficient (Wildman–Crippen LogP) is 1.17. The molecule has 0 saturated carbocycles. The number of hydrogen-bond acceptors (Lipinski definition) is 4. The van der Waals surface area contributed by atoms with Gasteiger partial charge in [0.1, 0.15) is 0 Å². The van der Waals surface area contributed by atoms with E-state index < -0.39 is 0 Å². The molecule has 1 aromatic rings. The van der Waals surface area contributed by atoms with Crippen LogP contribution in [0.3, 0.4) is 0 Å². The highest BCUT2D eigenvalue weighted by Crippen LogP contribution is 2.36. The third kappa shape index (κ3) is 3.98. The van der Waals surface area contributed by atoms with Gasteiger partial charge in [0.2, 0.25) is 11.8 Å². The summed E-state index contributed by atoms with van der Waals surface area (Å²) in [6, 6.07) is 7.63. The summed E-state index contributed by atoms with van der Waals surface area (Å²) in [5.74, 6) is -0.185. The maximum Gasteiger partial charge on any atom is 0.238 e. The highest BCUT2D eigenvalue weighted by Gasteiger charge is 2.28. The van der Waals surface area contributed by atoms with Gasteiger partial charge in [-0.05, 0) is 26.2 Å². The summed E-state index contributed by atoms with van der Waals surface area (Å²) in [5, 5.41) is 5.32. The summed E-state index contributed by atoms with van der Waals surface area (Å²) in [7, 11) is 3.90. The Kier molecular flexibility index (Phi) is 5.03.